The second-order valence-electron chi connectivity index (χ2n) is 9.06. The van der Waals surface area contributed by atoms with Crippen LogP contribution in [0.15, 0.2) is 42.5 Å². The molecule has 1 fully saturated rings. The monoisotopic (exact) mass is 364 g/mol. The van der Waals surface area contributed by atoms with Gasteiger partial charge >= 0.3 is 5.97 Å². The van der Waals surface area contributed by atoms with Gasteiger partial charge in [0, 0.05) is 24.2 Å². The molecule has 0 saturated carbocycles. The maximum absolute atomic E-state index is 13.0. The van der Waals surface area contributed by atoms with Crippen LogP contribution < -0.4 is 5.32 Å². The van der Waals surface area contributed by atoms with Crippen LogP contribution in [0.25, 0.3) is 11.1 Å². The molecular weight excluding hydrogens is 334 g/mol. The van der Waals surface area contributed by atoms with Gasteiger partial charge in [0.05, 0.1) is 18.7 Å². The fourth-order valence-corrected chi connectivity index (χ4v) is 4.83. The van der Waals surface area contributed by atoms with Crippen LogP contribution >= 0.6 is 0 Å². The first-order valence-corrected chi connectivity index (χ1v) is 10.1. The first-order chi connectivity index (χ1) is 12.8. The second kappa shape index (κ2) is 6.49. The van der Waals surface area contributed by atoms with Crippen molar-refractivity contribution in [2.24, 2.45) is 5.92 Å². The zero-order valence-corrected chi connectivity index (χ0v) is 16.8. The molecule has 3 heteroatoms. The maximum atomic E-state index is 13.0. The Morgan fingerprint density at radius 1 is 1.04 bits per heavy atom. The predicted molar refractivity (Wildman–Crippen MR) is 108 cm³/mol. The highest BCUT2D eigenvalue weighted by Gasteiger charge is 2.38. The van der Waals surface area contributed by atoms with Crippen LogP contribution in [0.3, 0.4) is 0 Å². The Kier molecular flexibility index (Phi) is 4.38. The topological polar surface area (TPSA) is 42.9 Å². The standard InChI is InChI=1S/C24H29NO2/c1-23(2)20-8-6-5-7-18(20)19-10-9-16(15-21(19)23)22(26)27-24(3,4)17-11-13-25-14-12-17/h5-10,15,17,25H,11-14H2,1-4H3/p+1. The minimum absolute atomic E-state index is 0.100. The van der Waals surface area contributed by atoms with Crippen LogP contribution in [0.1, 0.15) is 62.0 Å². The molecule has 4 rings (SSSR count). The summed E-state index contributed by atoms with van der Waals surface area (Å²) in [5.74, 6) is 0.227. The van der Waals surface area contributed by atoms with E-state index in [0.717, 1.165) is 25.9 Å². The highest BCUT2D eigenvalue weighted by atomic mass is 16.6. The van der Waals surface area contributed by atoms with E-state index in [4.69, 9.17) is 4.74 Å². The van der Waals surface area contributed by atoms with Gasteiger partial charge in [0.1, 0.15) is 5.60 Å². The zero-order chi connectivity index (χ0) is 19.2. The van der Waals surface area contributed by atoms with Gasteiger partial charge in [0.2, 0.25) is 0 Å². The van der Waals surface area contributed by atoms with E-state index in [-0.39, 0.29) is 11.4 Å². The third-order valence-corrected chi connectivity index (χ3v) is 6.60. The molecule has 2 aliphatic rings. The van der Waals surface area contributed by atoms with Crippen molar-refractivity contribution in [3.05, 3.63) is 59.2 Å². The van der Waals surface area contributed by atoms with Crippen LogP contribution in [-0.2, 0) is 10.2 Å². The maximum Gasteiger partial charge on any atom is 0.338 e. The van der Waals surface area contributed by atoms with Gasteiger partial charge < -0.3 is 10.1 Å². The summed E-state index contributed by atoms with van der Waals surface area (Å²) in [4.78, 5) is 13.0. The van der Waals surface area contributed by atoms with Crippen molar-refractivity contribution in [3.63, 3.8) is 0 Å². The van der Waals surface area contributed by atoms with Gasteiger partial charge in [0.25, 0.3) is 0 Å². The number of quaternary nitrogens is 1. The Balaban J connectivity index is 1.61. The normalized spacial score (nSPS) is 18.7. The fraction of sp³-hybridized carbons (Fsp3) is 0.458. The number of benzene rings is 2. The molecular formula is C24H30NO2+. The van der Waals surface area contributed by atoms with Gasteiger partial charge in [-0.1, -0.05) is 44.2 Å². The summed E-state index contributed by atoms with van der Waals surface area (Å²) in [5, 5.41) is 2.34. The van der Waals surface area contributed by atoms with Crippen LogP contribution in [0, 0.1) is 5.92 Å². The van der Waals surface area contributed by atoms with Gasteiger partial charge in [-0.2, -0.15) is 0 Å². The van der Waals surface area contributed by atoms with Crippen molar-refractivity contribution in [1.82, 2.24) is 0 Å². The highest BCUT2D eigenvalue weighted by Crippen LogP contribution is 2.48. The molecule has 2 aromatic rings. The summed E-state index contributed by atoms with van der Waals surface area (Å²) in [7, 11) is 0. The summed E-state index contributed by atoms with van der Waals surface area (Å²) in [6, 6.07) is 14.6. The minimum atomic E-state index is -0.428. The van der Waals surface area contributed by atoms with Gasteiger partial charge in [-0.05, 0) is 48.2 Å². The molecule has 3 nitrogen and oxygen atoms in total. The van der Waals surface area contributed by atoms with Crippen LogP contribution in [0.4, 0.5) is 0 Å². The number of ether oxygens (including phenoxy) is 1. The van der Waals surface area contributed by atoms with Crippen LogP contribution in [-0.4, -0.2) is 24.7 Å². The first kappa shape index (κ1) is 18.2. The molecule has 0 spiro atoms. The van der Waals surface area contributed by atoms with E-state index in [1.54, 1.807) is 0 Å². The molecule has 2 N–H and O–H groups in total. The molecule has 1 saturated heterocycles. The number of carbonyl (C=O) groups excluding carboxylic acids is 1. The van der Waals surface area contributed by atoms with Crippen LogP contribution in [0.2, 0.25) is 0 Å². The first-order valence-electron chi connectivity index (χ1n) is 10.1. The largest absolute Gasteiger partial charge is 0.456 e. The smallest absolute Gasteiger partial charge is 0.338 e. The Labute approximate surface area is 162 Å². The average Bonchev–Trinajstić information content (AvgIpc) is 2.90. The average molecular weight is 365 g/mol. The Bertz CT molecular complexity index is 876. The van der Waals surface area contributed by atoms with E-state index in [1.807, 2.05) is 12.1 Å². The summed E-state index contributed by atoms with van der Waals surface area (Å²) in [6.45, 7) is 10.8. The number of carbonyl (C=O) groups is 1. The molecule has 1 aliphatic carbocycles. The lowest BCUT2D eigenvalue weighted by Gasteiger charge is -2.35. The number of piperidine rings is 1. The van der Waals surface area contributed by atoms with Crippen molar-refractivity contribution in [3.8, 4) is 11.1 Å². The van der Waals surface area contributed by atoms with Crippen LogP contribution in [0.5, 0.6) is 0 Å². The molecule has 142 valence electrons. The lowest BCUT2D eigenvalue weighted by Crippen LogP contribution is -2.86. The van der Waals surface area contributed by atoms with E-state index in [9.17, 15) is 4.79 Å². The van der Waals surface area contributed by atoms with Crippen molar-refractivity contribution < 1.29 is 14.8 Å². The molecule has 1 heterocycles. The molecule has 0 bridgehead atoms. The predicted octanol–water partition coefficient (Wildman–Crippen LogP) is 3.90. The Morgan fingerprint density at radius 2 is 1.70 bits per heavy atom. The lowest BCUT2D eigenvalue weighted by atomic mass is 9.82. The number of hydrogen-bond acceptors (Lipinski definition) is 2. The lowest BCUT2D eigenvalue weighted by molar-refractivity contribution is -0.665. The number of hydrogen-bond donors (Lipinski definition) is 1. The summed E-state index contributed by atoms with van der Waals surface area (Å²) < 4.78 is 6.02. The molecule has 0 atom stereocenters. The number of nitrogens with two attached hydrogens (primary N) is 1. The number of rotatable bonds is 3. The summed E-state index contributed by atoms with van der Waals surface area (Å²) in [6.07, 6.45) is 2.21. The summed E-state index contributed by atoms with van der Waals surface area (Å²) >= 11 is 0. The molecule has 0 aromatic heterocycles. The molecule has 1 aliphatic heterocycles. The third-order valence-electron chi connectivity index (χ3n) is 6.60. The molecule has 2 aromatic carbocycles. The van der Waals surface area contributed by atoms with Crippen molar-refractivity contribution in [2.75, 3.05) is 13.1 Å². The fourth-order valence-electron chi connectivity index (χ4n) is 4.83. The summed E-state index contributed by atoms with van der Waals surface area (Å²) in [5.41, 5.74) is 5.17. The molecule has 0 amide bonds. The Morgan fingerprint density at radius 3 is 2.44 bits per heavy atom. The van der Waals surface area contributed by atoms with E-state index in [2.05, 4.69) is 63.3 Å². The molecule has 27 heavy (non-hydrogen) atoms. The zero-order valence-electron chi connectivity index (χ0n) is 16.8. The van der Waals surface area contributed by atoms with Crippen molar-refractivity contribution >= 4 is 5.97 Å². The van der Waals surface area contributed by atoms with Gasteiger partial charge in [0.15, 0.2) is 0 Å². The van der Waals surface area contributed by atoms with Gasteiger partial charge in [-0.25, -0.2) is 4.79 Å². The Hall–Kier alpha value is -2.13. The van der Waals surface area contributed by atoms with E-state index in [1.165, 1.54) is 22.3 Å². The van der Waals surface area contributed by atoms with Crippen molar-refractivity contribution in [1.29, 1.82) is 0 Å². The third kappa shape index (κ3) is 3.08. The van der Waals surface area contributed by atoms with E-state index >= 15 is 0 Å². The van der Waals surface area contributed by atoms with E-state index < -0.39 is 5.60 Å². The second-order valence-corrected chi connectivity index (χ2v) is 9.06. The minimum Gasteiger partial charge on any atom is -0.456 e. The molecule has 0 radical (unpaired) electrons. The highest BCUT2D eigenvalue weighted by molar-refractivity contribution is 5.92. The SMILES string of the molecule is CC1(C)c2ccccc2-c2ccc(C(=O)OC(C)(C)C3CC[NH2+]CC3)cc21. The number of esters is 1. The van der Waals surface area contributed by atoms with Gasteiger partial charge in [-0.3, -0.25) is 0 Å². The van der Waals surface area contributed by atoms with Gasteiger partial charge in [-0.15, -0.1) is 0 Å². The quantitative estimate of drug-likeness (QED) is 0.840. The number of fused-ring (bicyclic) bond motifs is 3. The molecule has 0 unspecified atom stereocenters. The van der Waals surface area contributed by atoms with E-state index in [0.29, 0.717) is 11.5 Å². The van der Waals surface area contributed by atoms with Crippen molar-refractivity contribution in [2.45, 2.75) is 51.6 Å².